The summed E-state index contributed by atoms with van der Waals surface area (Å²) in [6.45, 7) is 0. The first-order chi connectivity index (χ1) is 6.25. The molecule has 0 atom stereocenters. The van der Waals surface area contributed by atoms with Crippen LogP contribution in [0.3, 0.4) is 0 Å². The van der Waals surface area contributed by atoms with E-state index in [0.717, 1.165) is 0 Å². The van der Waals surface area contributed by atoms with Crippen LogP contribution in [0.4, 0.5) is 4.39 Å². The Kier molecular flexibility index (Phi) is 2.19. The standard InChI is InChI=1S/C10H11FO2/c11-9-3-1-2-4-10(9)13-8-5-7(12)6-8/h1-4,7-8,12H,5-6H2. The highest BCUT2D eigenvalue weighted by molar-refractivity contribution is 5.24. The van der Waals surface area contributed by atoms with Crippen molar-refractivity contribution in [3.8, 4) is 5.75 Å². The predicted molar refractivity (Wildman–Crippen MR) is 46.1 cm³/mol. The minimum Gasteiger partial charge on any atom is -0.487 e. The van der Waals surface area contributed by atoms with Gasteiger partial charge in [0, 0.05) is 12.8 Å². The van der Waals surface area contributed by atoms with E-state index in [2.05, 4.69) is 0 Å². The molecule has 1 N–H and O–H groups in total. The summed E-state index contributed by atoms with van der Waals surface area (Å²) < 4.78 is 18.3. The molecule has 0 unspecified atom stereocenters. The Balaban J connectivity index is 1.98. The average molecular weight is 182 g/mol. The summed E-state index contributed by atoms with van der Waals surface area (Å²) >= 11 is 0. The van der Waals surface area contributed by atoms with E-state index in [1.54, 1.807) is 18.2 Å². The van der Waals surface area contributed by atoms with E-state index >= 15 is 0 Å². The van der Waals surface area contributed by atoms with E-state index in [9.17, 15) is 4.39 Å². The largest absolute Gasteiger partial charge is 0.487 e. The topological polar surface area (TPSA) is 29.5 Å². The minimum atomic E-state index is -0.344. The number of ether oxygens (including phenoxy) is 1. The summed E-state index contributed by atoms with van der Waals surface area (Å²) in [6, 6.07) is 6.32. The second kappa shape index (κ2) is 3.34. The maximum atomic E-state index is 13.0. The van der Waals surface area contributed by atoms with E-state index < -0.39 is 0 Å². The average Bonchev–Trinajstić information content (AvgIpc) is 2.06. The highest BCUT2D eigenvalue weighted by Crippen LogP contribution is 2.26. The van der Waals surface area contributed by atoms with Crippen LogP contribution in [0.1, 0.15) is 12.8 Å². The highest BCUT2D eigenvalue weighted by Gasteiger charge is 2.29. The molecule has 1 aliphatic carbocycles. The third kappa shape index (κ3) is 1.80. The second-order valence-corrected chi connectivity index (χ2v) is 3.30. The Hall–Kier alpha value is -1.09. The van der Waals surface area contributed by atoms with Crippen LogP contribution in [0.25, 0.3) is 0 Å². The number of aliphatic hydroxyl groups excluding tert-OH is 1. The lowest BCUT2D eigenvalue weighted by atomic mass is 9.92. The fourth-order valence-electron chi connectivity index (χ4n) is 1.35. The third-order valence-electron chi connectivity index (χ3n) is 2.20. The van der Waals surface area contributed by atoms with Gasteiger partial charge in [0.1, 0.15) is 6.10 Å². The molecule has 0 radical (unpaired) electrons. The van der Waals surface area contributed by atoms with Gasteiger partial charge in [-0.25, -0.2) is 4.39 Å². The zero-order chi connectivity index (χ0) is 9.26. The van der Waals surface area contributed by atoms with Gasteiger partial charge in [0.25, 0.3) is 0 Å². The van der Waals surface area contributed by atoms with Crippen molar-refractivity contribution in [2.24, 2.45) is 0 Å². The maximum absolute atomic E-state index is 13.0. The van der Waals surface area contributed by atoms with Gasteiger partial charge >= 0.3 is 0 Å². The van der Waals surface area contributed by atoms with E-state index in [1.807, 2.05) is 0 Å². The van der Waals surface area contributed by atoms with Crippen LogP contribution in [-0.2, 0) is 0 Å². The summed E-state index contributed by atoms with van der Waals surface area (Å²) in [4.78, 5) is 0. The molecule has 0 heterocycles. The third-order valence-corrected chi connectivity index (χ3v) is 2.20. The Morgan fingerprint density at radius 3 is 2.62 bits per heavy atom. The predicted octanol–water partition coefficient (Wildman–Crippen LogP) is 1.73. The fraction of sp³-hybridized carbons (Fsp3) is 0.400. The first-order valence-electron chi connectivity index (χ1n) is 4.35. The number of para-hydroxylation sites is 1. The first-order valence-corrected chi connectivity index (χ1v) is 4.35. The van der Waals surface area contributed by atoms with Crippen LogP contribution in [0.15, 0.2) is 24.3 Å². The zero-order valence-corrected chi connectivity index (χ0v) is 7.11. The van der Waals surface area contributed by atoms with Crippen LogP contribution in [-0.4, -0.2) is 17.3 Å². The molecule has 3 heteroatoms. The number of benzene rings is 1. The van der Waals surface area contributed by atoms with E-state index in [-0.39, 0.29) is 23.8 Å². The van der Waals surface area contributed by atoms with E-state index in [4.69, 9.17) is 9.84 Å². The van der Waals surface area contributed by atoms with Gasteiger partial charge in [-0.15, -0.1) is 0 Å². The molecule has 0 bridgehead atoms. The molecule has 0 saturated heterocycles. The molecule has 2 nitrogen and oxygen atoms in total. The van der Waals surface area contributed by atoms with Crippen LogP contribution in [0.5, 0.6) is 5.75 Å². The van der Waals surface area contributed by atoms with Crippen molar-refractivity contribution < 1.29 is 14.2 Å². The maximum Gasteiger partial charge on any atom is 0.165 e. The summed E-state index contributed by atoms with van der Waals surface area (Å²) in [5.41, 5.74) is 0. The molecular weight excluding hydrogens is 171 g/mol. The normalized spacial score (nSPS) is 26.6. The van der Waals surface area contributed by atoms with Gasteiger partial charge in [-0.3, -0.25) is 0 Å². The Morgan fingerprint density at radius 1 is 1.31 bits per heavy atom. The number of hydrogen-bond donors (Lipinski definition) is 1. The van der Waals surface area contributed by atoms with Gasteiger partial charge in [0.15, 0.2) is 11.6 Å². The summed E-state index contributed by atoms with van der Waals surface area (Å²) in [7, 11) is 0. The molecule has 0 aromatic heterocycles. The van der Waals surface area contributed by atoms with Crippen LogP contribution in [0, 0.1) is 5.82 Å². The van der Waals surface area contributed by atoms with Gasteiger partial charge in [-0.2, -0.15) is 0 Å². The molecule has 2 rings (SSSR count). The summed E-state index contributed by atoms with van der Waals surface area (Å²) in [5, 5.41) is 8.99. The molecule has 70 valence electrons. The van der Waals surface area contributed by atoms with Crippen molar-refractivity contribution in [3.63, 3.8) is 0 Å². The van der Waals surface area contributed by atoms with E-state index in [0.29, 0.717) is 12.8 Å². The lowest BCUT2D eigenvalue weighted by Gasteiger charge is -2.31. The number of rotatable bonds is 2. The summed E-state index contributed by atoms with van der Waals surface area (Å²) in [6.07, 6.45) is 0.923. The minimum absolute atomic E-state index is 0.0214. The van der Waals surface area contributed by atoms with Gasteiger partial charge < -0.3 is 9.84 Å². The molecule has 0 spiro atoms. The molecule has 1 aliphatic rings. The SMILES string of the molecule is OC1CC(Oc2ccccc2F)C1. The van der Waals surface area contributed by atoms with Crippen LogP contribution < -0.4 is 4.74 Å². The van der Waals surface area contributed by atoms with Crippen molar-refractivity contribution in [3.05, 3.63) is 30.1 Å². The molecule has 1 aromatic rings. The van der Waals surface area contributed by atoms with Crippen molar-refractivity contribution in [2.75, 3.05) is 0 Å². The van der Waals surface area contributed by atoms with Gasteiger partial charge in [-0.05, 0) is 12.1 Å². The Bertz CT molecular complexity index is 295. The molecule has 1 saturated carbocycles. The second-order valence-electron chi connectivity index (χ2n) is 3.30. The lowest BCUT2D eigenvalue weighted by molar-refractivity contribution is -0.0124. The van der Waals surface area contributed by atoms with Gasteiger partial charge in [0.2, 0.25) is 0 Å². The molecular formula is C10H11FO2. The Morgan fingerprint density at radius 2 is 2.00 bits per heavy atom. The zero-order valence-electron chi connectivity index (χ0n) is 7.11. The fourth-order valence-corrected chi connectivity index (χ4v) is 1.35. The molecule has 0 aliphatic heterocycles. The molecule has 1 aromatic carbocycles. The van der Waals surface area contributed by atoms with Crippen molar-refractivity contribution in [1.82, 2.24) is 0 Å². The molecule has 1 fully saturated rings. The molecule has 0 amide bonds. The van der Waals surface area contributed by atoms with Crippen LogP contribution >= 0.6 is 0 Å². The van der Waals surface area contributed by atoms with Gasteiger partial charge in [0.05, 0.1) is 6.10 Å². The lowest BCUT2D eigenvalue weighted by Crippen LogP contribution is -2.37. The quantitative estimate of drug-likeness (QED) is 0.754. The number of halogens is 1. The first kappa shape index (κ1) is 8.51. The van der Waals surface area contributed by atoms with Crippen molar-refractivity contribution in [1.29, 1.82) is 0 Å². The number of aliphatic hydroxyl groups is 1. The van der Waals surface area contributed by atoms with Crippen LogP contribution in [0.2, 0.25) is 0 Å². The van der Waals surface area contributed by atoms with Gasteiger partial charge in [-0.1, -0.05) is 12.1 Å². The number of hydrogen-bond acceptors (Lipinski definition) is 2. The summed E-state index contributed by atoms with van der Waals surface area (Å²) in [5.74, 6) is -0.0664. The smallest absolute Gasteiger partial charge is 0.165 e. The van der Waals surface area contributed by atoms with E-state index in [1.165, 1.54) is 6.07 Å². The van der Waals surface area contributed by atoms with Crippen molar-refractivity contribution >= 4 is 0 Å². The Labute approximate surface area is 76.0 Å². The monoisotopic (exact) mass is 182 g/mol. The molecule has 13 heavy (non-hydrogen) atoms. The van der Waals surface area contributed by atoms with Crippen molar-refractivity contribution in [2.45, 2.75) is 25.0 Å². The highest BCUT2D eigenvalue weighted by atomic mass is 19.1.